The van der Waals surface area contributed by atoms with Crippen molar-refractivity contribution in [2.24, 2.45) is 35.5 Å². The molecule has 2 saturated carbocycles. The van der Waals surface area contributed by atoms with Crippen molar-refractivity contribution in [3.05, 3.63) is 35.9 Å². The van der Waals surface area contributed by atoms with Gasteiger partial charge in [-0.2, -0.15) is 0 Å². The lowest BCUT2D eigenvalue weighted by Gasteiger charge is -2.46. The summed E-state index contributed by atoms with van der Waals surface area (Å²) in [5.41, 5.74) is 0.974. The molecule has 0 bridgehead atoms. The standard InChI is InChI=1S/C50H78O17/c1-26-15-33(26)35(51)17-31-18-36(66-49-47(59-9)45(57-7)41(55-5)24-61-49)29(4)39(63-31)22-44(54)65-40(34-16-27(34)2)20-32-19-37(28(3)38(64-32)21-43(52)53)67-50-48(46(58-8)42(56-6)25-62-50)60-23-30-13-11-10-12-14-30/h10-14,26-29,31-42,45-51H,15-25H2,1-9H3,(H,52,53)/t26-,27-,28-,29-,31-,32+,33-,34-,35+,36+,37+,38+,39+,40+,41-,42-,45+,46+,47-,48-,49+,50+/m1/s1. The van der Waals surface area contributed by atoms with Gasteiger partial charge in [0.25, 0.3) is 0 Å². The molecule has 4 heterocycles. The molecule has 4 saturated heterocycles. The van der Waals surface area contributed by atoms with Gasteiger partial charge in [0.1, 0.15) is 42.7 Å². The van der Waals surface area contributed by atoms with Crippen LogP contribution in [0, 0.1) is 35.5 Å². The first kappa shape index (κ1) is 52.5. The molecule has 1 aromatic carbocycles. The van der Waals surface area contributed by atoms with E-state index < -0.39 is 97.8 Å². The maximum Gasteiger partial charge on any atom is 0.308 e. The van der Waals surface area contributed by atoms with E-state index in [0.717, 1.165) is 18.4 Å². The number of aliphatic hydroxyl groups is 1. The number of benzene rings is 1. The summed E-state index contributed by atoms with van der Waals surface area (Å²) in [6.45, 7) is 8.98. The predicted octanol–water partition coefficient (Wildman–Crippen LogP) is 4.95. The van der Waals surface area contributed by atoms with Crippen LogP contribution in [0.25, 0.3) is 0 Å². The first-order chi connectivity index (χ1) is 32.2. The minimum atomic E-state index is -0.984. The zero-order valence-corrected chi connectivity index (χ0v) is 40.9. The van der Waals surface area contributed by atoms with Crippen LogP contribution in [0.15, 0.2) is 30.3 Å². The van der Waals surface area contributed by atoms with E-state index in [2.05, 4.69) is 13.8 Å². The van der Waals surface area contributed by atoms with Gasteiger partial charge >= 0.3 is 11.9 Å². The molecule has 17 heteroatoms. The molecule has 0 aromatic heterocycles. The fourth-order valence-corrected chi connectivity index (χ4v) is 11.0. The van der Waals surface area contributed by atoms with E-state index >= 15 is 0 Å². The van der Waals surface area contributed by atoms with Crippen LogP contribution in [0.5, 0.6) is 0 Å². The van der Waals surface area contributed by atoms with Crippen molar-refractivity contribution >= 4 is 11.9 Å². The summed E-state index contributed by atoms with van der Waals surface area (Å²) in [5.74, 6) is -0.845. The van der Waals surface area contributed by atoms with Gasteiger partial charge in [0, 0.05) is 66.6 Å². The second-order valence-electron chi connectivity index (χ2n) is 20.1. The van der Waals surface area contributed by atoms with Gasteiger partial charge in [-0.1, -0.05) is 58.0 Å². The number of methoxy groups -OCH3 is 5. The molecule has 6 fully saturated rings. The number of carbonyl (C=O) groups is 2. The summed E-state index contributed by atoms with van der Waals surface area (Å²) in [5, 5.41) is 21.2. The highest BCUT2D eigenvalue weighted by Crippen LogP contribution is 2.46. The van der Waals surface area contributed by atoms with E-state index in [1.54, 1.807) is 35.5 Å². The smallest absolute Gasteiger partial charge is 0.308 e. The maximum atomic E-state index is 14.2. The maximum absolute atomic E-state index is 14.2. The third-order valence-electron chi connectivity index (χ3n) is 15.5. The van der Waals surface area contributed by atoms with Gasteiger partial charge in [-0.25, -0.2) is 0 Å². The summed E-state index contributed by atoms with van der Waals surface area (Å²) in [7, 11) is 8.02. The Kier molecular flexibility index (Phi) is 18.9. The molecule has 17 nitrogen and oxygen atoms in total. The SMILES string of the molecule is CO[C@@H]1[C@@H](OC)[C@H](O[C@H]2C[C@@H](C[C@H](O)[C@@H]3C[C@H]3C)O[C@@H](CC(=O)O[C@@H](C[C@@H]3C[C@H](O[C@@H]4OC[C@@H](OC)[C@H](OC)[C@H]4OCc4ccccc4)[C@@H](C)[C@H](CC(=O)O)O3)[C@@H]3C[C@H]3C)[C@@H]2C)OC[C@H]1OC. The largest absolute Gasteiger partial charge is 0.481 e. The molecule has 1 aromatic rings. The number of aliphatic carboxylic acids is 1. The van der Waals surface area contributed by atoms with Crippen LogP contribution in [0.4, 0.5) is 0 Å². The molecule has 67 heavy (non-hydrogen) atoms. The Labute approximate surface area is 396 Å². The molecule has 0 radical (unpaired) electrons. The minimum absolute atomic E-state index is 0.0286. The Balaban J connectivity index is 1.04. The molecule has 22 atom stereocenters. The first-order valence-electron chi connectivity index (χ1n) is 24.5. The van der Waals surface area contributed by atoms with Crippen LogP contribution in [-0.2, 0) is 77.8 Å². The topological polar surface area (TPSA) is 195 Å². The average Bonchev–Trinajstić information content (AvgIpc) is 4.24. The lowest BCUT2D eigenvalue weighted by atomic mass is 9.86. The normalized spacial score (nSPS) is 41.8. The van der Waals surface area contributed by atoms with Crippen molar-refractivity contribution in [3.63, 3.8) is 0 Å². The third kappa shape index (κ3) is 13.3. The summed E-state index contributed by atoms with van der Waals surface area (Å²) >= 11 is 0. The molecular weight excluding hydrogens is 873 g/mol. The predicted molar refractivity (Wildman–Crippen MR) is 240 cm³/mol. The fraction of sp³-hybridized carbons (Fsp3) is 0.840. The molecule has 0 amide bonds. The molecule has 0 unspecified atom stereocenters. The number of carboxylic acids is 1. The minimum Gasteiger partial charge on any atom is -0.481 e. The van der Waals surface area contributed by atoms with Gasteiger partial charge in [-0.05, 0) is 48.5 Å². The lowest BCUT2D eigenvalue weighted by molar-refractivity contribution is -0.314. The van der Waals surface area contributed by atoms with E-state index in [0.29, 0.717) is 44.1 Å². The van der Waals surface area contributed by atoms with Crippen molar-refractivity contribution in [3.8, 4) is 0 Å². The van der Waals surface area contributed by atoms with Gasteiger partial charge in [0.2, 0.25) is 0 Å². The van der Waals surface area contributed by atoms with E-state index in [-0.39, 0.29) is 61.9 Å². The van der Waals surface area contributed by atoms with Gasteiger partial charge in [-0.15, -0.1) is 0 Å². The number of ether oxygens (including phenoxy) is 13. The number of carboxylic acid groups (broad SMARTS) is 1. The summed E-state index contributed by atoms with van der Waals surface area (Å²) in [6, 6.07) is 9.80. The van der Waals surface area contributed by atoms with E-state index in [1.807, 2.05) is 44.2 Å². The van der Waals surface area contributed by atoms with Crippen LogP contribution in [-0.4, -0.2) is 169 Å². The number of rotatable bonds is 23. The first-order valence-corrected chi connectivity index (χ1v) is 24.5. The highest BCUT2D eigenvalue weighted by atomic mass is 16.7. The zero-order valence-electron chi connectivity index (χ0n) is 40.9. The van der Waals surface area contributed by atoms with E-state index in [1.165, 1.54) is 0 Å². The Morgan fingerprint density at radius 1 is 0.642 bits per heavy atom. The van der Waals surface area contributed by atoms with Gasteiger partial charge in [-0.3, -0.25) is 9.59 Å². The molecule has 0 spiro atoms. The Hall–Kier alpha value is -2.36. The number of hydrogen-bond acceptors (Lipinski definition) is 16. The van der Waals surface area contributed by atoms with Crippen LogP contribution < -0.4 is 0 Å². The molecule has 4 aliphatic heterocycles. The number of aliphatic hydroxyl groups excluding tert-OH is 1. The summed E-state index contributed by atoms with van der Waals surface area (Å²) in [4.78, 5) is 26.4. The summed E-state index contributed by atoms with van der Waals surface area (Å²) in [6.07, 6.45) is -5.18. The van der Waals surface area contributed by atoms with Gasteiger partial charge in [0.05, 0.1) is 75.4 Å². The number of hydrogen-bond donors (Lipinski definition) is 2. The van der Waals surface area contributed by atoms with Crippen LogP contribution in [0.3, 0.4) is 0 Å². The monoisotopic (exact) mass is 951 g/mol. The summed E-state index contributed by atoms with van der Waals surface area (Å²) < 4.78 is 81.0. The van der Waals surface area contributed by atoms with Crippen LogP contribution in [0.2, 0.25) is 0 Å². The molecule has 7 rings (SSSR count). The van der Waals surface area contributed by atoms with Crippen molar-refractivity contribution < 1.29 is 81.4 Å². The highest BCUT2D eigenvalue weighted by Gasteiger charge is 2.51. The number of carbonyl (C=O) groups excluding carboxylic acids is 1. The Morgan fingerprint density at radius 2 is 1.15 bits per heavy atom. The molecule has 6 aliphatic rings. The van der Waals surface area contributed by atoms with Crippen LogP contribution in [0.1, 0.15) is 84.6 Å². The van der Waals surface area contributed by atoms with E-state index in [9.17, 15) is 19.8 Å². The molecule has 2 N–H and O–H groups in total. The Morgan fingerprint density at radius 3 is 1.66 bits per heavy atom. The van der Waals surface area contributed by atoms with Crippen molar-refractivity contribution in [2.75, 3.05) is 48.8 Å². The molecule has 2 aliphatic carbocycles. The molecule has 380 valence electrons. The fourth-order valence-electron chi connectivity index (χ4n) is 11.0. The quantitative estimate of drug-likeness (QED) is 0.140. The third-order valence-corrected chi connectivity index (χ3v) is 15.5. The zero-order chi connectivity index (χ0) is 47.9. The lowest BCUT2D eigenvalue weighted by Crippen LogP contribution is -2.58. The van der Waals surface area contributed by atoms with Gasteiger partial charge in [0.15, 0.2) is 12.6 Å². The van der Waals surface area contributed by atoms with Crippen molar-refractivity contribution in [1.82, 2.24) is 0 Å². The van der Waals surface area contributed by atoms with E-state index in [4.69, 9.17) is 61.6 Å². The molecular formula is C50H78O17. The van der Waals surface area contributed by atoms with Crippen LogP contribution >= 0.6 is 0 Å². The van der Waals surface area contributed by atoms with Gasteiger partial charge < -0.3 is 71.8 Å². The van der Waals surface area contributed by atoms with Crippen molar-refractivity contribution in [1.29, 1.82) is 0 Å². The second-order valence-corrected chi connectivity index (χ2v) is 20.1. The second kappa shape index (κ2) is 24.2. The van der Waals surface area contributed by atoms with Crippen molar-refractivity contribution in [2.45, 2.75) is 184 Å². The average molecular weight is 951 g/mol. The number of esters is 1. The Bertz CT molecular complexity index is 1690. The highest BCUT2D eigenvalue weighted by molar-refractivity contribution is 5.70.